The fourth-order valence-electron chi connectivity index (χ4n) is 6.49. The molecule has 0 aromatic heterocycles. The smallest absolute Gasteiger partial charge is 0.305 e. The maximum Gasteiger partial charge on any atom is 0.305 e. The number of esters is 1. The Labute approximate surface area is 333 Å². The first-order valence-electron chi connectivity index (χ1n) is 20.3. The molecule has 0 radical (unpaired) electrons. The Hall–Kier alpha value is -0.939. The van der Waals surface area contributed by atoms with Crippen LogP contribution in [0.4, 0.5) is 4.39 Å². The maximum atomic E-state index is 13.7. The normalized spacial score (nSPS) is 21.4. The summed E-state index contributed by atoms with van der Waals surface area (Å²) in [5.74, 6) is -0.151. The second-order valence-corrected chi connectivity index (χ2v) is 36.3. The van der Waals surface area contributed by atoms with Crippen LogP contribution in [0.5, 0.6) is 0 Å². The van der Waals surface area contributed by atoms with Crippen LogP contribution in [0.1, 0.15) is 120 Å². The van der Waals surface area contributed by atoms with Crippen LogP contribution in [0.2, 0.25) is 54.4 Å². The van der Waals surface area contributed by atoms with Crippen LogP contribution in [-0.2, 0) is 32.8 Å². The van der Waals surface area contributed by atoms with Gasteiger partial charge in [-0.3, -0.25) is 4.79 Å². The second-order valence-electron chi connectivity index (χ2n) is 20.3. The number of hydrogen-bond donors (Lipinski definition) is 1. The molecule has 0 saturated heterocycles. The van der Waals surface area contributed by atoms with Crippen LogP contribution in [-0.4, -0.2) is 71.3 Å². The van der Waals surface area contributed by atoms with Crippen LogP contribution < -0.4 is 4.72 Å². The van der Waals surface area contributed by atoms with Crippen molar-refractivity contribution in [3.05, 3.63) is 30.1 Å². The number of ether oxygens (including phenoxy) is 1. The first kappa shape index (κ1) is 49.2. The zero-order valence-corrected chi connectivity index (χ0v) is 40.7. The number of nitrogens with one attached hydrogen (secondary N) is 1. The Balaban J connectivity index is 2.51. The summed E-state index contributed by atoms with van der Waals surface area (Å²) in [4.78, 5) is 11.8. The van der Waals surface area contributed by atoms with Crippen molar-refractivity contribution in [1.82, 2.24) is 4.72 Å². The van der Waals surface area contributed by atoms with Crippen LogP contribution in [0.15, 0.2) is 29.2 Å². The quantitative estimate of drug-likeness (QED) is 0.0793. The molecule has 1 fully saturated rings. The Kier molecular flexibility index (Phi) is 17.5. The number of sulfonamides is 1. The number of benzene rings is 1. The molecule has 54 heavy (non-hydrogen) atoms. The highest BCUT2D eigenvalue weighted by atomic mass is 32.2. The lowest BCUT2D eigenvalue weighted by Crippen LogP contribution is -2.47. The largest absolute Gasteiger partial charge is 0.469 e. The van der Waals surface area contributed by atoms with E-state index in [0.29, 0.717) is 12.8 Å². The summed E-state index contributed by atoms with van der Waals surface area (Å²) in [5, 5.41) is 0.0295. The molecule has 1 aliphatic rings. The monoisotopic (exact) mass is 831 g/mol. The number of unbranched alkanes of at least 4 members (excludes halogenated alkanes) is 3. The number of rotatable bonds is 20. The minimum absolute atomic E-state index is 0.0226. The van der Waals surface area contributed by atoms with E-state index in [4.69, 9.17) is 18.0 Å². The molecule has 314 valence electrons. The molecule has 13 heteroatoms. The lowest BCUT2D eigenvalue weighted by atomic mass is 9.85. The van der Waals surface area contributed by atoms with Gasteiger partial charge in [0.15, 0.2) is 25.0 Å². The van der Waals surface area contributed by atoms with Crippen molar-refractivity contribution in [2.45, 2.75) is 198 Å². The van der Waals surface area contributed by atoms with Crippen molar-refractivity contribution < 1.29 is 35.6 Å². The molecule has 1 aliphatic carbocycles. The van der Waals surface area contributed by atoms with E-state index in [2.05, 4.69) is 106 Å². The van der Waals surface area contributed by atoms with Gasteiger partial charge < -0.3 is 18.0 Å². The maximum absolute atomic E-state index is 13.7. The fraction of sp³-hybridized carbons (Fsp3) is 0.829. The molecule has 1 saturated carbocycles. The number of methoxy groups -OCH3 is 1. The van der Waals surface area contributed by atoms with Crippen molar-refractivity contribution in [3.63, 3.8) is 0 Å². The van der Waals surface area contributed by atoms with Crippen molar-refractivity contribution in [2.75, 3.05) is 13.7 Å². The number of hydrogen-bond acceptors (Lipinski definition) is 7. The van der Waals surface area contributed by atoms with Gasteiger partial charge >= 0.3 is 5.97 Å². The Morgan fingerprint density at radius 1 is 0.759 bits per heavy atom. The van der Waals surface area contributed by atoms with Gasteiger partial charge in [0, 0.05) is 13.0 Å². The highest BCUT2D eigenvalue weighted by Crippen LogP contribution is 2.49. The zero-order chi connectivity index (χ0) is 41.6. The topological polar surface area (TPSA) is 100 Å². The lowest BCUT2D eigenvalue weighted by Gasteiger charge is -2.41. The number of carbonyl (C=O) groups excluding carboxylic acids is 1. The molecular weight excluding hydrogens is 754 g/mol. The molecule has 0 aliphatic heterocycles. The highest BCUT2D eigenvalue weighted by molar-refractivity contribution is 7.89. The van der Waals surface area contributed by atoms with Gasteiger partial charge in [-0.15, -0.1) is 0 Å². The van der Waals surface area contributed by atoms with Gasteiger partial charge in [0.05, 0.1) is 30.3 Å². The van der Waals surface area contributed by atoms with Crippen molar-refractivity contribution in [3.8, 4) is 0 Å². The Bertz CT molecular complexity index is 1430. The molecule has 0 heterocycles. The van der Waals surface area contributed by atoms with Crippen molar-refractivity contribution in [2.24, 2.45) is 11.8 Å². The molecular formula is C41H78FNO7SSi3. The van der Waals surface area contributed by atoms with E-state index in [0.717, 1.165) is 44.9 Å². The predicted octanol–water partition coefficient (Wildman–Crippen LogP) is 11.2. The molecule has 1 aromatic carbocycles. The minimum atomic E-state index is -3.88. The van der Waals surface area contributed by atoms with Gasteiger partial charge in [-0.2, -0.15) is 0 Å². The van der Waals surface area contributed by atoms with E-state index < -0.39 is 40.8 Å². The third-order valence-electron chi connectivity index (χ3n) is 13.1. The molecule has 2 rings (SSSR count). The standard InChI is InChI=1S/C41H78FNO7SSi3/c1-39(2,3)52(11,12)48-32(30-43-51(45,46)33-26-23-31(42)24-27-33)25-28-35-34(21-19-17-18-20-22-38(44)47-10)36(49-53(13,14)40(4,5)6)29-37(35)50-54(15,16)41(7,8)9/h23-24,26-27,32,34-37,43H,17-22,25,28-30H2,1-16H3/t32?,34-,35-,36+,37-/m1/s1. The van der Waals surface area contributed by atoms with Gasteiger partial charge in [0.2, 0.25) is 10.0 Å². The third-order valence-corrected chi connectivity index (χ3v) is 28.1. The van der Waals surface area contributed by atoms with Crippen LogP contribution in [0.25, 0.3) is 0 Å². The average molecular weight is 832 g/mol. The SMILES string of the molecule is COC(=O)CCCCCC[C@@H]1[C@@H](CCC(CNS(=O)(=O)c2ccc(F)cc2)O[Si](C)(C)C(C)(C)C)[C@H](O[Si](C)(C)C(C)(C)C)C[C@@H]1O[Si](C)(C)C(C)(C)C. The van der Waals surface area contributed by atoms with E-state index in [1.54, 1.807) is 0 Å². The van der Waals surface area contributed by atoms with Gasteiger partial charge in [-0.25, -0.2) is 17.5 Å². The summed E-state index contributed by atoms with van der Waals surface area (Å²) >= 11 is 0. The molecule has 0 amide bonds. The van der Waals surface area contributed by atoms with E-state index in [-0.39, 0.29) is 62.7 Å². The Morgan fingerprint density at radius 2 is 1.22 bits per heavy atom. The van der Waals surface area contributed by atoms with Crippen LogP contribution in [0, 0.1) is 17.7 Å². The molecule has 1 N–H and O–H groups in total. The van der Waals surface area contributed by atoms with Gasteiger partial charge in [-0.05, 0) is 123 Å². The van der Waals surface area contributed by atoms with Crippen LogP contribution >= 0.6 is 0 Å². The van der Waals surface area contributed by atoms with Crippen molar-refractivity contribution in [1.29, 1.82) is 0 Å². The summed E-state index contributed by atoms with van der Waals surface area (Å²) in [7, 11) is -9.02. The molecule has 5 atom stereocenters. The lowest BCUT2D eigenvalue weighted by molar-refractivity contribution is -0.140. The molecule has 1 unspecified atom stereocenters. The second kappa shape index (κ2) is 19.2. The Morgan fingerprint density at radius 3 is 1.69 bits per heavy atom. The fourth-order valence-corrected chi connectivity index (χ4v) is 11.7. The number of carbonyl (C=O) groups is 1. The molecule has 0 bridgehead atoms. The minimum Gasteiger partial charge on any atom is -0.469 e. The summed E-state index contributed by atoms with van der Waals surface area (Å²) in [6, 6.07) is 4.93. The summed E-state index contributed by atoms with van der Waals surface area (Å²) in [6.07, 6.45) is 7.39. The zero-order valence-electron chi connectivity index (χ0n) is 36.9. The van der Waals surface area contributed by atoms with Gasteiger partial charge in [0.25, 0.3) is 0 Å². The first-order valence-corrected chi connectivity index (χ1v) is 30.5. The van der Waals surface area contributed by atoms with Gasteiger partial charge in [-0.1, -0.05) is 81.6 Å². The molecule has 1 aromatic rings. The summed E-state index contributed by atoms with van der Waals surface area (Å²) in [5.41, 5.74) is 0. The van der Waals surface area contributed by atoms with E-state index in [1.165, 1.54) is 31.4 Å². The third kappa shape index (κ3) is 14.2. The van der Waals surface area contributed by atoms with E-state index >= 15 is 0 Å². The van der Waals surface area contributed by atoms with E-state index in [1.807, 2.05) is 0 Å². The van der Waals surface area contributed by atoms with Crippen molar-refractivity contribution >= 4 is 40.9 Å². The number of halogens is 1. The molecule has 8 nitrogen and oxygen atoms in total. The summed E-state index contributed by atoms with van der Waals surface area (Å²) < 4.78 is 69.8. The predicted molar refractivity (Wildman–Crippen MR) is 228 cm³/mol. The summed E-state index contributed by atoms with van der Waals surface area (Å²) in [6.45, 7) is 34.2. The van der Waals surface area contributed by atoms with E-state index in [9.17, 15) is 17.6 Å². The van der Waals surface area contributed by atoms with Crippen LogP contribution in [0.3, 0.4) is 0 Å². The van der Waals surface area contributed by atoms with Gasteiger partial charge in [0.1, 0.15) is 5.82 Å². The average Bonchev–Trinajstić information content (AvgIpc) is 3.32. The first-order chi connectivity index (χ1) is 24.4. The molecule has 0 spiro atoms. The highest BCUT2D eigenvalue weighted by Gasteiger charge is 2.51.